The highest BCUT2D eigenvalue weighted by atomic mass is 35.5. The number of primary sulfonamides is 1. The highest BCUT2D eigenvalue weighted by Crippen LogP contribution is 2.32. The molecule has 3 N–H and O–H groups in total. The molecule has 4 rings (SSSR count). The van der Waals surface area contributed by atoms with Gasteiger partial charge in [-0.1, -0.05) is 60.1 Å². The van der Waals surface area contributed by atoms with Gasteiger partial charge in [-0.25, -0.2) is 13.6 Å². The maximum Gasteiger partial charge on any atom is 0.238 e. The molecule has 1 aliphatic rings. The number of Topliss-reactive ketones (excluding diaryl/α,β-unsaturated/α-hetero) is 1. The molecule has 0 bridgehead atoms. The molecule has 0 aromatic heterocycles. The lowest BCUT2D eigenvalue weighted by molar-refractivity contribution is -0.117. The molecule has 3 aromatic carbocycles. The van der Waals surface area contributed by atoms with Crippen LogP contribution in [0.25, 0.3) is 0 Å². The van der Waals surface area contributed by atoms with Crippen molar-refractivity contribution >= 4 is 39.0 Å². The molecule has 0 spiro atoms. The van der Waals surface area contributed by atoms with Crippen LogP contribution in [0.15, 0.2) is 71.6 Å². The summed E-state index contributed by atoms with van der Waals surface area (Å²) in [5, 5.41) is 8.69. The van der Waals surface area contributed by atoms with Gasteiger partial charge >= 0.3 is 0 Å². The number of amides is 1. The average molecular weight is 497 g/mol. The number of ketones is 1. The third-order valence-corrected chi connectivity index (χ3v) is 7.42. The Bertz CT molecular complexity index is 1340. The van der Waals surface area contributed by atoms with E-state index in [9.17, 15) is 18.0 Å². The van der Waals surface area contributed by atoms with Gasteiger partial charge in [0.2, 0.25) is 15.9 Å². The Morgan fingerprint density at radius 1 is 1.03 bits per heavy atom. The molecule has 0 aliphatic heterocycles. The Labute approximate surface area is 204 Å². The molecule has 3 aromatic rings. The molecule has 1 saturated carbocycles. The van der Waals surface area contributed by atoms with E-state index >= 15 is 0 Å². The predicted octanol–water partition coefficient (Wildman–Crippen LogP) is 4.60. The van der Waals surface area contributed by atoms with E-state index in [-0.39, 0.29) is 23.1 Å². The van der Waals surface area contributed by atoms with Gasteiger partial charge in [-0.3, -0.25) is 9.59 Å². The van der Waals surface area contributed by atoms with E-state index in [0.717, 1.165) is 17.5 Å². The smallest absolute Gasteiger partial charge is 0.238 e. The fourth-order valence-electron chi connectivity index (χ4n) is 4.29. The SMILES string of the molecule is NS(=O)(=O)c1cc(NC(=O)Cc2ccccc2Cl)ccc1Cc1ccc(C2CCC(=O)C2)cc1. The molecule has 0 heterocycles. The van der Waals surface area contributed by atoms with Gasteiger partial charge in [0.25, 0.3) is 0 Å². The van der Waals surface area contributed by atoms with E-state index in [1.54, 1.807) is 36.4 Å². The van der Waals surface area contributed by atoms with Crippen LogP contribution in [0, 0.1) is 0 Å². The summed E-state index contributed by atoms with van der Waals surface area (Å²) in [6.45, 7) is 0. The number of sulfonamides is 1. The number of hydrogen-bond donors (Lipinski definition) is 2. The van der Waals surface area contributed by atoms with Gasteiger partial charge in [0, 0.05) is 23.6 Å². The van der Waals surface area contributed by atoms with Crippen LogP contribution < -0.4 is 10.5 Å². The third-order valence-electron chi connectivity index (χ3n) is 6.06. The van der Waals surface area contributed by atoms with Crippen molar-refractivity contribution in [3.8, 4) is 0 Å². The summed E-state index contributed by atoms with van der Waals surface area (Å²) < 4.78 is 24.6. The minimum atomic E-state index is -4.01. The monoisotopic (exact) mass is 496 g/mol. The summed E-state index contributed by atoms with van der Waals surface area (Å²) in [5.74, 6) is 0.239. The lowest BCUT2D eigenvalue weighted by Gasteiger charge is -2.13. The van der Waals surface area contributed by atoms with Gasteiger partial charge in [0.1, 0.15) is 5.78 Å². The van der Waals surface area contributed by atoms with E-state index in [1.165, 1.54) is 6.07 Å². The molecule has 0 radical (unpaired) electrons. The number of halogens is 1. The first kappa shape index (κ1) is 24.1. The largest absolute Gasteiger partial charge is 0.326 e. The standard InChI is InChI=1S/C26H25ClN2O4S/c27-24-4-2-1-3-20(24)15-26(31)29-22-11-9-21(25(16-22)34(28,32)33)13-17-5-7-18(8-6-17)19-10-12-23(30)14-19/h1-9,11,16,19H,10,12-15H2,(H,29,31)(H2,28,32,33). The van der Waals surface area contributed by atoms with E-state index in [1.807, 2.05) is 24.3 Å². The molecule has 34 heavy (non-hydrogen) atoms. The summed E-state index contributed by atoms with van der Waals surface area (Å²) in [7, 11) is -4.01. The Morgan fingerprint density at radius 2 is 1.76 bits per heavy atom. The predicted molar refractivity (Wildman–Crippen MR) is 132 cm³/mol. The Kier molecular flexibility index (Phi) is 7.16. The summed E-state index contributed by atoms with van der Waals surface area (Å²) in [4.78, 5) is 24.0. The topological polar surface area (TPSA) is 106 Å². The first-order valence-corrected chi connectivity index (χ1v) is 12.9. The second-order valence-electron chi connectivity index (χ2n) is 8.58. The zero-order valence-electron chi connectivity index (χ0n) is 18.5. The zero-order valence-corrected chi connectivity index (χ0v) is 20.0. The molecule has 6 nitrogen and oxygen atoms in total. The summed E-state index contributed by atoms with van der Waals surface area (Å²) in [5.41, 5.74) is 3.60. The quantitative estimate of drug-likeness (QED) is 0.498. The van der Waals surface area contributed by atoms with Gasteiger partial charge in [-0.15, -0.1) is 0 Å². The number of benzene rings is 3. The van der Waals surface area contributed by atoms with E-state index < -0.39 is 10.0 Å². The minimum absolute atomic E-state index is 0.0338. The van der Waals surface area contributed by atoms with Gasteiger partial charge < -0.3 is 5.32 Å². The number of hydrogen-bond acceptors (Lipinski definition) is 4. The number of carbonyl (C=O) groups is 2. The van der Waals surface area contributed by atoms with Crippen molar-refractivity contribution in [2.24, 2.45) is 5.14 Å². The first-order chi connectivity index (χ1) is 16.2. The van der Waals surface area contributed by atoms with Crippen molar-refractivity contribution in [3.05, 3.63) is 94.0 Å². The molecule has 1 unspecified atom stereocenters. The van der Waals surface area contributed by atoms with Gasteiger partial charge in [0.15, 0.2) is 0 Å². The van der Waals surface area contributed by atoms with Gasteiger partial charge in [0.05, 0.1) is 11.3 Å². The second kappa shape index (κ2) is 10.1. The second-order valence-corrected chi connectivity index (χ2v) is 10.5. The van der Waals surface area contributed by atoms with Crippen LogP contribution >= 0.6 is 11.6 Å². The number of anilines is 1. The van der Waals surface area contributed by atoms with Crippen LogP contribution in [0.3, 0.4) is 0 Å². The lowest BCUT2D eigenvalue weighted by atomic mass is 9.95. The van der Waals surface area contributed by atoms with Crippen LogP contribution in [-0.2, 0) is 32.5 Å². The summed E-state index contributed by atoms with van der Waals surface area (Å²) >= 11 is 6.12. The number of nitrogens with two attached hydrogens (primary N) is 1. The highest BCUT2D eigenvalue weighted by Gasteiger charge is 2.23. The molecule has 8 heteroatoms. The number of rotatable bonds is 7. The lowest BCUT2D eigenvalue weighted by Crippen LogP contribution is -2.18. The van der Waals surface area contributed by atoms with Crippen LogP contribution in [0.4, 0.5) is 5.69 Å². The van der Waals surface area contributed by atoms with Crippen molar-refractivity contribution in [1.82, 2.24) is 0 Å². The van der Waals surface area contributed by atoms with Crippen LogP contribution in [0.5, 0.6) is 0 Å². The fourth-order valence-corrected chi connectivity index (χ4v) is 5.29. The molecule has 1 amide bonds. The summed E-state index contributed by atoms with van der Waals surface area (Å²) in [6.07, 6.45) is 2.51. The molecule has 0 saturated heterocycles. The van der Waals surface area contributed by atoms with Crippen molar-refractivity contribution in [3.63, 3.8) is 0 Å². The fraction of sp³-hybridized carbons (Fsp3) is 0.231. The maximum atomic E-state index is 12.5. The highest BCUT2D eigenvalue weighted by molar-refractivity contribution is 7.89. The molecular weight excluding hydrogens is 472 g/mol. The number of nitrogens with one attached hydrogen (secondary N) is 1. The van der Waals surface area contributed by atoms with Crippen LogP contribution in [-0.4, -0.2) is 20.1 Å². The normalized spacial score (nSPS) is 15.9. The zero-order chi connectivity index (χ0) is 24.3. The molecule has 1 fully saturated rings. The van der Waals surface area contributed by atoms with Crippen LogP contribution in [0.1, 0.15) is 47.4 Å². The molecule has 1 atom stereocenters. The minimum Gasteiger partial charge on any atom is -0.326 e. The summed E-state index contributed by atoms with van der Waals surface area (Å²) in [6, 6.07) is 19.6. The van der Waals surface area contributed by atoms with Crippen molar-refractivity contribution in [2.45, 2.75) is 42.9 Å². The van der Waals surface area contributed by atoms with E-state index in [2.05, 4.69) is 5.32 Å². The van der Waals surface area contributed by atoms with Gasteiger partial charge in [-0.2, -0.15) is 0 Å². The van der Waals surface area contributed by atoms with Crippen molar-refractivity contribution < 1.29 is 18.0 Å². The molecular formula is C26H25ClN2O4S. The van der Waals surface area contributed by atoms with Crippen LogP contribution in [0.2, 0.25) is 5.02 Å². The first-order valence-electron chi connectivity index (χ1n) is 11.0. The third kappa shape index (κ3) is 5.91. The van der Waals surface area contributed by atoms with E-state index in [0.29, 0.717) is 46.9 Å². The maximum absolute atomic E-state index is 12.5. The Hall–Kier alpha value is -3.00. The van der Waals surface area contributed by atoms with E-state index in [4.69, 9.17) is 16.7 Å². The molecule has 176 valence electrons. The molecule has 1 aliphatic carbocycles. The Morgan fingerprint density at radius 3 is 2.41 bits per heavy atom. The number of carbonyl (C=O) groups excluding carboxylic acids is 2. The Balaban J connectivity index is 1.50. The van der Waals surface area contributed by atoms with Crippen molar-refractivity contribution in [1.29, 1.82) is 0 Å². The van der Waals surface area contributed by atoms with Crippen molar-refractivity contribution in [2.75, 3.05) is 5.32 Å². The average Bonchev–Trinajstić information content (AvgIpc) is 3.22. The van der Waals surface area contributed by atoms with Gasteiger partial charge in [-0.05, 0) is 59.2 Å².